The van der Waals surface area contributed by atoms with Gasteiger partial charge in [0.1, 0.15) is 12.2 Å². The molecular formula is C34H33ClN2O9. The standard InChI is InChI=1S/C34H33ClN2O9/c1-43-25-5-3-4-20-14-27(45-30(20)25)34(42)37(16-18-6-8-21(35)9-7-18)24-15-23(33(41)36-10-11-38)28-22-12-19(17-39)13-26(44-2)31(22)46-32(28)29(24)40/h3-9,12-15,24,28-29,32,38-40H,10-11,16-17H2,1-2H3,(H,36,41). The number of rotatable bonds is 10. The average Bonchev–Trinajstić information content (AvgIpc) is 3.69. The van der Waals surface area contributed by atoms with Crippen LogP contribution in [0.15, 0.2) is 76.7 Å². The maximum Gasteiger partial charge on any atom is 0.290 e. The molecule has 4 unspecified atom stereocenters. The zero-order valence-corrected chi connectivity index (χ0v) is 25.9. The summed E-state index contributed by atoms with van der Waals surface area (Å²) in [6, 6.07) is 16.1. The van der Waals surface area contributed by atoms with Crippen LogP contribution in [0.1, 0.15) is 33.2 Å². The molecule has 0 bridgehead atoms. The van der Waals surface area contributed by atoms with E-state index in [9.17, 15) is 24.9 Å². The lowest BCUT2D eigenvalue weighted by atomic mass is 9.77. The van der Waals surface area contributed by atoms with E-state index in [2.05, 4.69) is 5.32 Å². The number of aliphatic hydroxyl groups excluding tert-OH is 3. The number of furan rings is 1. The molecule has 11 nitrogen and oxygen atoms in total. The van der Waals surface area contributed by atoms with Gasteiger partial charge in [-0.1, -0.05) is 35.9 Å². The summed E-state index contributed by atoms with van der Waals surface area (Å²) < 4.78 is 23.3. The van der Waals surface area contributed by atoms with E-state index in [1.165, 1.54) is 19.1 Å². The molecule has 4 N–H and O–H groups in total. The summed E-state index contributed by atoms with van der Waals surface area (Å²) in [6.07, 6.45) is -0.755. The van der Waals surface area contributed by atoms with Crippen LogP contribution in [-0.4, -0.2) is 77.7 Å². The smallest absolute Gasteiger partial charge is 0.290 e. The van der Waals surface area contributed by atoms with Crippen LogP contribution < -0.4 is 19.5 Å². The topological polar surface area (TPSA) is 151 Å². The van der Waals surface area contributed by atoms with Gasteiger partial charge in [0.05, 0.1) is 39.4 Å². The maximum absolute atomic E-state index is 14.4. The predicted octanol–water partition coefficient (Wildman–Crippen LogP) is 3.56. The molecule has 1 aromatic heterocycles. The van der Waals surface area contributed by atoms with Crippen LogP contribution in [0.25, 0.3) is 11.0 Å². The van der Waals surface area contributed by atoms with E-state index in [1.54, 1.807) is 66.7 Å². The normalized spacial score (nSPS) is 19.9. The van der Waals surface area contributed by atoms with Gasteiger partial charge in [-0.3, -0.25) is 9.59 Å². The number of ether oxygens (including phenoxy) is 3. The van der Waals surface area contributed by atoms with Gasteiger partial charge in [-0.15, -0.1) is 0 Å². The zero-order valence-electron chi connectivity index (χ0n) is 25.1. The first-order valence-electron chi connectivity index (χ1n) is 14.7. The lowest BCUT2D eigenvalue weighted by molar-refractivity contribution is -0.118. The van der Waals surface area contributed by atoms with Crippen LogP contribution in [0.5, 0.6) is 17.2 Å². The van der Waals surface area contributed by atoms with Crippen molar-refractivity contribution in [1.82, 2.24) is 10.2 Å². The van der Waals surface area contributed by atoms with E-state index in [0.717, 1.165) is 0 Å². The lowest BCUT2D eigenvalue weighted by Crippen LogP contribution is -2.55. The molecule has 0 radical (unpaired) electrons. The summed E-state index contributed by atoms with van der Waals surface area (Å²) in [4.78, 5) is 29.5. The molecule has 0 saturated carbocycles. The Morgan fingerprint density at radius 3 is 2.46 bits per heavy atom. The first-order valence-corrected chi connectivity index (χ1v) is 15.0. The number of aliphatic hydroxyl groups is 3. The fourth-order valence-corrected chi connectivity index (χ4v) is 6.29. The third-order valence-corrected chi connectivity index (χ3v) is 8.57. The van der Waals surface area contributed by atoms with E-state index in [4.69, 9.17) is 30.2 Å². The molecule has 1 aliphatic heterocycles. The van der Waals surface area contributed by atoms with Crippen LogP contribution in [0.3, 0.4) is 0 Å². The number of para-hydroxylation sites is 1. The average molecular weight is 649 g/mol. The van der Waals surface area contributed by atoms with Crippen molar-refractivity contribution in [2.45, 2.75) is 37.3 Å². The number of nitrogens with zero attached hydrogens (tertiary/aromatic N) is 1. The van der Waals surface area contributed by atoms with Crippen LogP contribution in [-0.2, 0) is 17.9 Å². The molecular weight excluding hydrogens is 616 g/mol. The molecule has 0 fully saturated rings. The molecule has 2 aliphatic rings. The van der Waals surface area contributed by atoms with Crippen LogP contribution >= 0.6 is 11.6 Å². The fraction of sp³-hybridized carbons (Fsp3) is 0.294. The molecule has 4 aromatic rings. The summed E-state index contributed by atoms with van der Waals surface area (Å²) in [5, 5.41) is 35.2. The molecule has 2 heterocycles. The quantitative estimate of drug-likeness (QED) is 0.202. The third-order valence-electron chi connectivity index (χ3n) is 8.32. The first kappa shape index (κ1) is 31.4. The Labute approximate surface area is 269 Å². The van der Waals surface area contributed by atoms with Gasteiger partial charge in [0.15, 0.2) is 28.6 Å². The summed E-state index contributed by atoms with van der Waals surface area (Å²) in [7, 11) is 2.97. The van der Waals surface area contributed by atoms with Crippen molar-refractivity contribution in [3.8, 4) is 17.2 Å². The van der Waals surface area contributed by atoms with Crippen molar-refractivity contribution in [3.05, 3.63) is 99.8 Å². The molecule has 12 heteroatoms. The molecule has 3 aromatic carbocycles. The Hall–Kier alpha value is -4.55. The van der Waals surface area contributed by atoms with E-state index in [-0.39, 0.29) is 37.6 Å². The highest BCUT2D eigenvalue weighted by Crippen LogP contribution is 2.51. The minimum atomic E-state index is -1.32. The number of hydrogen-bond acceptors (Lipinski definition) is 9. The number of fused-ring (bicyclic) bond motifs is 4. The maximum atomic E-state index is 14.4. The van der Waals surface area contributed by atoms with Crippen molar-refractivity contribution in [1.29, 1.82) is 0 Å². The van der Waals surface area contributed by atoms with Crippen LogP contribution in [0.4, 0.5) is 0 Å². The lowest BCUT2D eigenvalue weighted by Gasteiger charge is -2.40. The van der Waals surface area contributed by atoms with Crippen molar-refractivity contribution in [2.24, 2.45) is 0 Å². The minimum absolute atomic E-state index is 0.00681. The summed E-state index contributed by atoms with van der Waals surface area (Å²) >= 11 is 6.14. The molecule has 2 amide bonds. The van der Waals surface area contributed by atoms with Crippen LogP contribution in [0, 0.1) is 0 Å². The zero-order chi connectivity index (χ0) is 32.5. The van der Waals surface area contributed by atoms with Crippen LogP contribution in [0.2, 0.25) is 5.02 Å². The second kappa shape index (κ2) is 13.1. The number of nitrogens with one attached hydrogen (secondary N) is 1. The van der Waals surface area contributed by atoms with Gasteiger partial charge < -0.3 is 44.2 Å². The Bertz CT molecular complexity index is 1800. The second-order valence-electron chi connectivity index (χ2n) is 11.1. The van der Waals surface area contributed by atoms with Gasteiger partial charge in [0.2, 0.25) is 5.91 Å². The van der Waals surface area contributed by atoms with Gasteiger partial charge in [-0.2, -0.15) is 0 Å². The van der Waals surface area contributed by atoms with E-state index < -0.39 is 36.0 Å². The van der Waals surface area contributed by atoms with Gasteiger partial charge in [0, 0.05) is 34.6 Å². The molecule has 0 spiro atoms. The Morgan fingerprint density at radius 2 is 1.76 bits per heavy atom. The van der Waals surface area contributed by atoms with Gasteiger partial charge in [-0.25, -0.2) is 0 Å². The highest BCUT2D eigenvalue weighted by molar-refractivity contribution is 6.30. The van der Waals surface area contributed by atoms with Gasteiger partial charge in [0.25, 0.3) is 5.91 Å². The number of hydrogen-bond donors (Lipinski definition) is 4. The molecule has 240 valence electrons. The number of methoxy groups -OCH3 is 2. The van der Waals surface area contributed by atoms with Crippen molar-refractivity contribution in [2.75, 3.05) is 27.4 Å². The molecule has 46 heavy (non-hydrogen) atoms. The van der Waals surface area contributed by atoms with Crippen molar-refractivity contribution in [3.63, 3.8) is 0 Å². The first-order chi connectivity index (χ1) is 22.3. The number of benzene rings is 3. The van der Waals surface area contributed by atoms with E-state index in [1.807, 2.05) is 0 Å². The van der Waals surface area contributed by atoms with Gasteiger partial charge in [-0.05, 0) is 53.6 Å². The van der Waals surface area contributed by atoms with Crippen molar-refractivity contribution < 1.29 is 43.5 Å². The Morgan fingerprint density at radius 1 is 1.00 bits per heavy atom. The SMILES string of the molecule is COc1cc(CO)cc2c1OC1C2C(C(=O)NCCO)=CC(N(Cc2ccc(Cl)cc2)C(=O)c2cc3cccc(OC)c3o2)C1O. The monoisotopic (exact) mass is 648 g/mol. The van der Waals surface area contributed by atoms with E-state index in [0.29, 0.717) is 49.9 Å². The summed E-state index contributed by atoms with van der Waals surface area (Å²) in [5.74, 6) is -0.681. The molecule has 6 rings (SSSR count). The van der Waals surface area contributed by atoms with Crippen molar-refractivity contribution >= 4 is 34.4 Å². The summed E-state index contributed by atoms with van der Waals surface area (Å²) in [6.45, 7) is -0.557. The highest BCUT2D eigenvalue weighted by atomic mass is 35.5. The molecule has 4 atom stereocenters. The number of halogens is 1. The molecule has 0 saturated heterocycles. The largest absolute Gasteiger partial charge is 0.493 e. The number of amides is 2. The summed E-state index contributed by atoms with van der Waals surface area (Å²) in [5.41, 5.74) is 2.42. The predicted molar refractivity (Wildman–Crippen MR) is 168 cm³/mol. The second-order valence-corrected chi connectivity index (χ2v) is 11.5. The number of carbonyl (C=O) groups excluding carboxylic acids is 2. The minimum Gasteiger partial charge on any atom is -0.493 e. The molecule has 1 aliphatic carbocycles. The third kappa shape index (κ3) is 5.67. The van der Waals surface area contributed by atoms with Gasteiger partial charge >= 0.3 is 0 Å². The van der Waals surface area contributed by atoms with E-state index >= 15 is 0 Å². The Balaban J connectivity index is 1.48. The number of carbonyl (C=O) groups is 2. The highest BCUT2D eigenvalue weighted by Gasteiger charge is 2.51. The Kier molecular flexibility index (Phi) is 8.92. The fourth-order valence-electron chi connectivity index (χ4n) is 6.16.